The van der Waals surface area contributed by atoms with E-state index in [1.165, 1.54) is 6.20 Å². The molecular formula is C14H18N4O4S. The number of nitrogens with zero attached hydrogens (tertiary/aromatic N) is 3. The van der Waals surface area contributed by atoms with Crippen molar-refractivity contribution < 1.29 is 17.9 Å². The predicted octanol–water partition coefficient (Wildman–Crippen LogP) is 0.934. The molecule has 1 fully saturated rings. The minimum Gasteiger partial charge on any atom is -0.462 e. The molecule has 1 atom stereocenters. The highest BCUT2D eigenvalue weighted by molar-refractivity contribution is 7.91. The highest BCUT2D eigenvalue weighted by Gasteiger charge is 2.31. The number of ether oxygens (including phenoxy) is 1. The molecule has 0 bridgehead atoms. The normalized spacial score (nSPS) is 20.0. The number of carbonyl (C=O) groups is 1. The fraction of sp³-hybridized carbons (Fsp3) is 0.500. The SMILES string of the molecule is CCOC(=O)/C(C#N)=C/Nc1cc(C)nn1[C@H]1CCS(=O)(=O)C1. The van der Waals surface area contributed by atoms with Crippen molar-refractivity contribution in [3.8, 4) is 6.07 Å². The molecule has 1 N–H and O–H groups in total. The number of nitriles is 1. The van der Waals surface area contributed by atoms with Crippen molar-refractivity contribution in [3.63, 3.8) is 0 Å². The summed E-state index contributed by atoms with van der Waals surface area (Å²) >= 11 is 0. The highest BCUT2D eigenvalue weighted by Crippen LogP contribution is 2.27. The molecule has 9 heteroatoms. The first kappa shape index (κ1) is 17.0. The smallest absolute Gasteiger partial charge is 0.350 e. The number of aryl methyl sites for hydroxylation is 1. The van der Waals surface area contributed by atoms with Crippen molar-refractivity contribution in [2.45, 2.75) is 26.3 Å². The average Bonchev–Trinajstić information content (AvgIpc) is 3.02. The maximum absolute atomic E-state index is 11.6. The average molecular weight is 338 g/mol. The molecular weight excluding hydrogens is 320 g/mol. The molecule has 2 heterocycles. The lowest BCUT2D eigenvalue weighted by Gasteiger charge is -2.12. The van der Waals surface area contributed by atoms with E-state index in [-0.39, 0.29) is 29.7 Å². The van der Waals surface area contributed by atoms with Crippen LogP contribution in [0.1, 0.15) is 25.1 Å². The van der Waals surface area contributed by atoms with Gasteiger partial charge in [-0.05, 0) is 20.3 Å². The Hall–Kier alpha value is -2.34. The van der Waals surface area contributed by atoms with Crippen LogP contribution in [-0.2, 0) is 19.4 Å². The second-order valence-corrected chi connectivity index (χ2v) is 7.44. The van der Waals surface area contributed by atoms with Gasteiger partial charge in [0.25, 0.3) is 0 Å². The molecule has 1 saturated heterocycles. The van der Waals surface area contributed by atoms with Crippen LogP contribution in [0.5, 0.6) is 0 Å². The number of hydrogen-bond acceptors (Lipinski definition) is 7. The number of anilines is 1. The molecule has 0 unspecified atom stereocenters. The van der Waals surface area contributed by atoms with E-state index in [2.05, 4.69) is 10.4 Å². The van der Waals surface area contributed by atoms with Gasteiger partial charge in [0.15, 0.2) is 15.4 Å². The first-order valence-electron chi connectivity index (χ1n) is 7.16. The monoisotopic (exact) mass is 338 g/mol. The molecule has 0 saturated carbocycles. The first-order valence-corrected chi connectivity index (χ1v) is 8.99. The van der Waals surface area contributed by atoms with Crippen molar-refractivity contribution in [1.82, 2.24) is 9.78 Å². The largest absolute Gasteiger partial charge is 0.462 e. The summed E-state index contributed by atoms with van der Waals surface area (Å²) in [6.07, 6.45) is 1.74. The van der Waals surface area contributed by atoms with Crippen molar-refractivity contribution in [2.75, 3.05) is 23.4 Å². The van der Waals surface area contributed by atoms with Gasteiger partial charge in [-0.15, -0.1) is 0 Å². The molecule has 0 spiro atoms. The van der Waals surface area contributed by atoms with Gasteiger partial charge in [-0.2, -0.15) is 10.4 Å². The van der Waals surface area contributed by atoms with Crippen LogP contribution >= 0.6 is 0 Å². The Morgan fingerprint density at radius 2 is 2.39 bits per heavy atom. The Labute approximate surface area is 134 Å². The van der Waals surface area contributed by atoms with Crippen molar-refractivity contribution >= 4 is 21.6 Å². The van der Waals surface area contributed by atoms with E-state index >= 15 is 0 Å². The number of hydrogen-bond donors (Lipinski definition) is 1. The van der Waals surface area contributed by atoms with E-state index in [9.17, 15) is 13.2 Å². The zero-order chi connectivity index (χ0) is 17.0. The summed E-state index contributed by atoms with van der Waals surface area (Å²) < 4.78 is 29.6. The summed E-state index contributed by atoms with van der Waals surface area (Å²) in [5, 5.41) is 16.1. The van der Waals surface area contributed by atoms with E-state index in [1.807, 2.05) is 0 Å². The van der Waals surface area contributed by atoms with Gasteiger partial charge in [0.05, 0.1) is 29.8 Å². The van der Waals surface area contributed by atoms with E-state index < -0.39 is 15.8 Å². The lowest BCUT2D eigenvalue weighted by atomic mass is 10.3. The van der Waals surface area contributed by atoms with Gasteiger partial charge < -0.3 is 10.1 Å². The minimum atomic E-state index is -3.04. The zero-order valence-electron chi connectivity index (χ0n) is 12.9. The van der Waals surface area contributed by atoms with E-state index in [1.54, 1.807) is 30.7 Å². The Balaban J connectivity index is 2.21. The molecule has 23 heavy (non-hydrogen) atoms. The van der Waals surface area contributed by atoms with Crippen LogP contribution in [0.4, 0.5) is 5.82 Å². The van der Waals surface area contributed by atoms with Crippen LogP contribution in [0.2, 0.25) is 0 Å². The fourth-order valence-electron chi connectivity index (χ4n) is 2.36. The number of esters is 1. The molecule has 8 nitrogen and oxygen atoms in total. The lowest BCUT2D eigenvalue weighted by Crippen LogP contribution is -2.15. The quantitative estimate of drug-likeness (QED) is 0.482. The summed E-state index contributed by atoms with van der Waals surface area (Å²) in [7, 11) is -3.04. The fourth-order valence-corrected chi connectivity index (χ4v) is 4.05. The molecule has 2 rings (SSSR count). The molecule has 124 valence electrons. The third-order valence-electron chi connectivity index (χ3n) is 3.39. The lowest BCUT2D eigenvalue weighted by molar-refractivity contribution is -0.138. The van der Waals surface area contributed by atoms with Crippen LogP contribution in [0, 0.1) is 18.3 Å². The van der Waals surface area contributed by atoms with Crippen LogP contribution in [0.15, 0.2) is 17.8 Å². The zero-order valence-corrected chi connectivity index (χ0v) is 13.8. The molecule has 1 aromatic heterocycles. The number of rotatable bonds is 5. The van der Waals surface area contributed by atoms with Gasteiger partial charge in [-0.3, -0.25) is 0 Å². The summed E-state index contributed by atoms with van der Waals surface area (Å²) in [6, 6.07) is 3.24. The van der Waals surface area contributed by atoms with Crippen LogP contribution in [-0.4, -0.2) is 42.3 Å². The maximum Gasteiger partial charge on any atom is 0.350 e. The Bertz CT molecular complexity index is 773. The molecule has 0 aliphatic carbocycles. The van der Waals surface area contributed by atoms with Gasteiger partial charge in [0, 0.05) is 12.3 Å². The van der Waals surface area contributed by atoms with Gasteiger partial charge in [-0.25, -0.2) is 17.9 Å². The summed E-state index contributed by atoms with van der Waals surface area (Å²) in [6.45, 7) is 3.61. The Morgan fingerprint density at radius 3 is 2.96 bits per heavy atom. The van der Waals surface area contributed by atoms with Crippen molar-refractivity contribution in [3.05, 3.63) is 23.5 Å². The molecule has 1 aromatic rings. The summed E-state index contributed by atoms with van der Waals surface area (Å²) in [5.74, 6) is -0.0106. The minimum absolute atomic E-state index is 0.0372. The van der Waals surface area contributed by atoms with Crippen LogP contribution in [0.25, 0.3) is 0 Å². The molecule has 1 aliphatic heterocycles. The van der Waals surface area contributed by atoms with Gasteiger partial charge in [-0.1, -0.05) is 0 Å². The standard InChI is InChI=1S/C14H18N4O4S/c1-3-22-14(19)11(7-15)8-16-13-6-10(2)17-18(13)12-4-5-23(20,21)9-12/h6,8,12,16H,3-5,9H2,1-2H3/b11-8+/t12-/m0/s1. The molecule has 0 amide bonds. The Morgan fingerprint density at radius 1 is 1.65 bits per heavy atom. The predicted molar refractivity (Wildman–Crippen MR) is 83.2 cm³/mol. The van der Waals surface area contributed by atoms with Gasteiger partial charge in [0.1, 0.15) is 11.9 Å². The molecule has 0 aromatic carbocycles. The summed E-state index contributed by atoms with van der Waals surface area (Å²) in [4.78, 5) is 11.6. The highest BCUT2D eigenvalue weighted by atomic mass is 32.2. The second kappa shape index (κ2) is 6.83. The number of aromatic nitrogens is 2. The number of sulfone groups is 1. The third-order valence-corrected chi connectivity index (χ3v) is 5.14. The van der Waals surface area contributed by atoms with E-state index in [4.69, 9.17) is 10.00 Å². The second-order valence-electron chi connectivity index (χ2n) is 5.21. The first-order chi connectivity index (χ1) is 10.9. The van der Waals surface area contributed by atoms with E-state index in [0.29, 0.717) is 17.9 Å². The number of nitrogens with one attached hydrogen (secondary N) is 1. The maximum atomic E-state index is 11.6. The molecule has 0 radical (unpaired) electrons. The summed E-state index contributed by atoms with van der Waals surface area (Å²) in [5.41, 5.74) is 0.538. The van der Waals surface area contributed by atoms with Gasteiger partial charge in [0.2, 0.25) is 0 Å². The van der Waals surface area contributed by atoms with Gasteiger partial charge >= 0.3 is 5.97 Å². The topological polar surface area (TPSA) is 114 Å². The van der Waals surface area contributed by atoms with E-state index in [0.717, 1.165) is 0 Å². The van der Waals surface area contributed by atoms with Crippen molar-refractivity contribution in [1.29, 1.82) is 5.26 Å². The molecule has 1 aliphatic rings. The van der Waals surface area contributed by atoms with Crippen LogP contribution in [0.3, 0.4) is 0 Å². The van der Waals surface area contributed by atoms with Crippen LogP contribution < -0.4 is 5.32 Å². The Kier molecular flexibility index (Phi) is 5.05. The van der Waals surface area contributed by atoms with Crippen molar-refractivity contribution in [2.24, 2.45) is 0 Å². The third kappa shape index (κ3) is 4.10. The number of carbonyl (C=O) groups excluding carboxylic acids is 1.